The van der Waals surface area contributed by atoms with Gasteiger partial charge >= 0.3 is 0 Å². The van der Waals surface area contributed by atoms with Crippen LogP contribution in [0.1, 0.15) is 21.5 Å². The molecule has 0 heterocycles. The number of hydrogen-bond acceptors (Lipinski definition) is 4. The zero-order chi connectivity index (χ0) is 18.4. The van der Waals surface area contributed by atoms with Crippen molar-refractivity contribution in [1.29, 1.82) is 0 Å². The Hall–Kier alpha value is -3.01. The molecule has 0 bridgehead atoms. The summed E-state index contributed by atoms with van der Waals surface area (Å²) in [5.74, 6) is 0.569. The van der Waals surface area contributed by atoms with E-state index in [9.17, 15) is 9.90 Å². The van der Waals surface area contributed by atoms with Crippen LogP contribution in [-0.2, 0) is 6.42 Å². The highest BCUT2D eigenvalue weighted by Gasteiger charge is 2.09. The molecule has 0 aliphatic rings. The van der Waals surface area contributed by atoms with Crippen LogP contribution in [0.25, 0.3) is 6.08 Å². The molecule has 130 valence electrons. The largest absolute Gasteiger partial charge is 0.508 e. The molecule has 0 saturated heterocycles. The number of carbonyl (C=O) groups excluding carboxylic acids is 1. The number of nitrogens with zero attached hydrogens (tertiary/aromatic N) is 1. The summed E-state index contributed by atoms with van der Waals surface area (Å²) < 4.78 is 5.29. The van der Waals surface area contributed by atoms with E-state index in [2.05, 4.69) is 6.58 Å². The second-order valence-electron chi connectivity index (χ2n) is 5.86. The summed E-state index contributed by atoms with van der Waals surface area (Å²) in [6, 6.07) is 10.8. The van der Waals surface area contributed by atoms with Crippen LogP contribution in [0.4, 0.5) is 5.69 Å². The van der Waals surface area contributed by atoms with Crippen LogP contribution in [0.2, 0.25) is 0 Å². The number of hydrogen-bond donors (Lipinski definition) is 1. The molecule has 1 N–H and O–H groups in total. The van der Waals surface area contributed by atoms with Crippen molar-refractivity contribution in [1.82, 2.24) is 0 Å². The molecule has 0 atom stereocenters. The fourth-order valence-corrected chi connectivity index (χ4v) is 2.46. The summed E-state index contributed by atoms with van der Waals surface area (Å²) in [6.07, 6.45) is 5.47. The monoisotopic (exact) mass is 337 g/mol. The number of allylic oxidation sites excluding steroid dienone is 2. The van der Waals surface area contributed by atoms with Gasteiger partial charge in [-0.05, 0) is 42.3 Å². The quantitative estimate of drug-likeness (QED) is 0.470. The molecular weight excluding hydrogens is 314 g/mol. The highest BCUT2D eigenvalue weighted by atomic mass is 16.5. The second kappa shape index (κ2) is 8.20. The molecule has 0 radical (unpaired) electrons. The lowest BCUT2D eigenvalue weighted by Gasteiger charge is -2.12. The van der Waals surface area contributed by atoms with E-state index >= 15 is 0 Å². The molecule has 0 aromatic heterocycles. The average Bonchev–Trinajstić information content (AvgIpc) is 2.61. The molecule has 0 spiro atoms. The van der Waals surface area contributed by atoms with Crippen molar-refractivity contribution in [3.63, 3.8) is 0 Å². The normalized spacial score (nSPS) is 10.7. The van der Waals surface area contributed by atoms with E-state index in [0.29, 0.717) is 17.7 Å². The zero-order valence-corrected chi connectivity index (χ0v) is 14.8. The minimum Gasteiger partial charge on any atom is -0.508 e. The molecular formula is C21H23NO3. The Morgan fingerprint density at radius 1 is 1.28 bits per heavy atom. The van der Waals surface area contributed by atoms with Crippen LogP contribution in [0.15, 0.2) is 55.1 Å². The summed E-state index contributed by atoms with van der Waals surface area (Å²) >= 11 is 0. The van der Waals surface area contributed by atoms with E-state index in [1.54, 1.807) is 30.4 Å². The first-order valence-electron chi connectivity index (χ1n) is 7.96. The lowest BCUT2D eigenvalue weighted by Crippen LogP contribution is -2.09. The van der Waals surface area contributed by atoms with Crippen molar-refractivity contribution in [2.45, 2.75) is 6.42 Å². The molecule has 4 nitrogen and oxygen atoms in total. The van der Waals surface area contributed by atoms with Gasteiger partial charge in [0, 0.05) is 37.0 Å². The number of carbonyl (C=O) groups is 1. The Bertz CT molecular complexity index is 807. The van der Waals surface area contributed by atoms with Crippen molar-refractivity contribution in [2.75, 3.05) is 26.1 Å². The van der Waals surface area contributed by atoms with Crippen LogP contribution >= 0.6 is 0 Å². The van der Waals surface area contributed by atoms with E-state index in [4.69, 9.17) is 4.74 Å². The van der Waals surface area contributed by atoms with Crippen molar-refractivity contribution < 1.29 is 14.6 Å². The molecule has 4 heteroatoms. The van der Waals surface area contributed by atoms with Crippen LogP contribution in [0, 0.1) is 0 Å². The lowest BCUT2D eigenvalue weighted by molar-refractivity contribution is 0.104. The Balaban J connectivity index is 2.31. The summed E-state index contributed by atoms with van der Waals surface area (Å²) in [4.78, 5) is 14.4. The Kier molecular flexibility index (Phi) is 6.01. The van der Waals surface area contributed by atoms with Gasteiger partial charge in [0.1, 0.15) is 11.5 Å². The predicted molar refractivity (Wildman–Crippen MR) is 103 cm³/mol. The minimum absolute atomic E-state index is 0.0934. The zero-order valence-electron chi connectivity index (χ0n) is 14.8. The van der Waals surface area contributed by atoms with Crippen molar-refractivity contribution in [3.05, 3.63) is 71.8 Å². The number of ether oxygens (including phenoxy) is 1. The van der Waals surface area contributed by atoms with Gasteiger partial charge in [0.15, 0.2) is 5.78 Å². The van der Waals surface area contributed by atoms with Crippen molar-refractivity contribution in [3.8, 4) is 11.5 Å². The van der Waals surface area contributed by atoms with Crippen LogP contribution < -0.4 is 9.64 Å². The molecule has 0 fully saturated rings. The number of ketones is 1. The summed E-state index contributed by atoms with van der Waals surface area (Å²) in [5, 5.41) is 9.99. The van der Waals surface area contributed by atoms with Gasteiger partial charge in [0.05, 0.1) is 7.11 Å². The Labute approximate surface area is 148 Å². The molecule has 0 amide bonds. The number of phenols is 1. The van der Waals surface area contributed by atoms with Gasteiger partial charge in [-0.2, -0.15) is 0 Å². The number of benzene rings is 2. The highest BCUT2D eigenvalue weighted by Crippen LogP contribution is 2.30. The fourth-order valence-electron chi connectivity index (χ4n) is 2.46. The average molecular weight is 337 g/mol. The van der Waals surface area contributed by atoms with Gasteiger partial charge < -0.3 is 14.7 Å². The topological polar surface area (TPSA) is 49.8 Å². The maximum atomic E-state index is 12.5. The minimum atomic E-state index is -0.0934. The van der Waals surface area contributed by atoms with Gasteiger partial charge in [-0.1, -0.05) is 18.2 Å². The van der Waals surface area contributed by atoms with Crippen LogP contribution in [0.5, 0.6) is 11.5 Å². The van der Waals surface area contributed by atoms with Crippen LogP contribution in [0.3, 0.4) is 0 Å². The molecule has 0 unspecified atom stereocenters. The summed E-state index contributed by atoms with van der Waals surface area (Å²) in [7, 11) is 5.39. The number of rotatable bonds is 7. The van der Waals surface area contributed by atoms with E-state index in [0.717, 1.165) is 16.8 Å². The molecule has 2 aromatic rings. The predicted octanol–water partition coefficient (Wildman–Crippen LogP) is 4.09. The maximum Gasteiger partial charge on any atom is 0.185 e. The third-order valence-electron chi connectivity index (χ3n) is 3.86. The third-order valence-corrected chi connectivity index (χ3v) is 3.86. The van der Waals surface area contributed by atoms with Crippen molar-refractivity contribution in [2.24, 2.45) is 0 Å². The van der Waals surface area contributed by atoms with Gasteiger partial charge in [-0.3, -0.25) is 4.79 Å². The van der Waals surface area contributed by atoms with Gasteiger partial charge in [-0.15, -0.1) is 6.58 Å². The number of methoxy groups -OCH3 is 1. The second-order valence-corrected chi connectivity index (χ2v) is 5.86. The Morgan fingerprint density at radius 3 is 2.68 bits per heavy atom. The smallest absolute Gasteiger partial charge is 0.185 e. The number of phenolic OH excluding ortho intramolecular Hbond substituents is 1. The van der Waals surface area contributed by atoms with Gasteiger partial charge in [0.2, 0.25) is 0 Å². The van der Waals surface area contributed by atoms with E-state index in [-0.39, 0.29) is 11.5 Å². The van der Waals surface area contributed by atoms with E-state index in [1.807, 2.05) is 37.2 Å². The molecule has 25 heavy (non-hydrogen) atoms. The summed E-state index contributed by atoms with van der Waals surface area (Å²) in [5.41, 5.74) is 3.05. The fraction of sp³-hybridized carbons (Fsp3) is 0.190. The third kappa shape index (κ3) is 4.51. The van der Waals surface area contributed by atoms with Gasteiger partial charge in [0.25, 0.3) is 0 Å². The molecule has 0 saturated carbocycles. The molecule has 0 aliphatic heterocycles. The number of anilines is 1. The first kappa shape index (κ1) is 18.3. The molecule has 2 rings (SSSR count). The van der Waals surface area contributed by atoms with Crippen molar-refractivity contribution >= 4 is 17.5 Å². The highest BCUT2D eigenvalue weighted by molar-refractivity contribution is 6.07. The standard InChI is InChI=1S/C21H23NO3/c1-5-7-15-12-17(21(25-4)14-20(15)24)10-11-19(23)16-8-6-9-18(13-16)22(2)3/h5-6,8-14,24H,1,7H2,2-4H3/b11-10+. The SMILES string of the molecule is C=CCc1cc(/C=C/C(=O)c2cccc(N(C)C)c2)c(OC)cc1O. The maximum absolute atomic E-state index is 12.5. The number of aromatic hydroxyl groups is 1. The lowest BCUT2D eigenvalue weighted by atomic mass is 10.0. The molecule has 2 aromatic carbocycles. The first-order chi connectivity index (χ1) is 12.0. The first-order valence-corrected chi connectivity index (χ1v) is 7.96. The summed E-state index contributed by atoms with van der Waals surface area (Å²) in [6.45, 7) is 3.69. The van der Waals surface area contributed by atoms with Gasteiger partial charge in [-0.25, -0.2) is 0 Å². The van der Waals surface area contributed by atoms with E-state index < -0.39 is 0 Å². The van der Waals surface area contributed by atoms with E-state index in [1.165, 1.54) is 13.2 Å². The van der Waals surface area contributed by atoms with Crippen LogP contribution in [-0.4, -0.2) is 32.1 Å². The Morgan fingerprint density at radius 2 is 2.04 bits per heavy atom. The molecule has 0 aliphatic carbocycles.